The van der Waals surface area contributed by atoms with Gasteiger partial charge in [0.25, 0.3) is 11.8 Å². The van der Waals surface area contributed by atoms with E-state index < -0.39 is 23.8 Å². The molecule has 0 radical (unpaired) electrons. The molecule has 2 amide bonds. The van der Waals surface area contributed by atoms with Crippen LogP contribution in [0.5, 0.6) is 0 Å². The number of fused-ring (bicyclic) bond motifs is 2. The summed E-state index contributed by atoms with van der Waals surface area (Å²) in [5.74, 6) is -1.99. The lowest BCUT2D eigenvalue weighted by atomic mass is 10.1. The van der Waals surface area contributed by atoms with E-state index in [2.05, 4.69) is 10.6 Å². The lowest BCUT2D eigenvalue weighted by Crippen LogP contribution is -2.21. The van der Waals surface area contributed by atoms with Gasteiger partial charge in [0.2, 0.25) is 0 Å². The predicted molar refractivity (Wildman–Crippen MR) is 138 cm³/mol. The SMILES string of the molecule is COC(=O)c1c(NC(=O)c2ccccc2C(=O)Nc2sc3c(c2C(=O)OC)CCC3)sc2c1CCC2. The Hall–Kier alpha value is -3.50. The minimum absolute atomic E-state index is 0.156. The fraction of sp³-hybridized carbons (Fsp3) is 0.308. The van der Waals surface area contributed by atoms with Gasteiger partial charge in [-0.2, -0.15) is 0 Å². The van der Waals surface area contributed by atoms with Gasteiger partial charge in [-0.15, -0.1) is 22.7 Å². The number of amides is 2. The van der Waals surface area contributed by atoms with Gasteiger partial charge in [-0.25, -0.2) is 9.59 Å². The Bertz CT molecular complexity index is 1300. The van der Waals surface area contributed by atoms with Crippen molar-refractivity contribution >= 4 is 56.4 Å². The van der Waals surface area contributed by atoms with E-state index in [0.29, 0.717) is 21.1 Å². The highest BCUT2D eigenvalue weighted by Gasteiger charge is 2.31. The van der Waals surface area contributed by atoms with Gasteiger partial charge in [0.15, 0.2) is 0 Å². The van der Waals surface area contributed by atoms with Gasteiger partial charge in [-0.3, -0.25) is 9.59 Å². The van der Waals surface area contributed by atoms with Gasteiger partial charge in [0.05, 0.1) is 36.5 Å². The van der Waals surface area contributed by atoms with Crippen LogP contribution in [0.15, 0.2) is 24.3 Å². The Labute approximate surface area is 215 Å². The van der Waals surface area contributed by atoms with E-state index in [9.17, 15) is 19.2 Å². The molecule has 0 saturated carbocycles. The normalized spacial score (nSPS) is 13.6. The molecule has 0 saturated heterocycles. The maximum atomic E-state index is 13.3. The molecule has 1 aromatic carbocycles. The monoisotopic (exact) mass is 524 g/mol. The maximum absolute atomic E-state index is 13.3. The molecule has 0 aliphatic heterocycles. The third-order valence-electron chi connectivity index (χ3n) is 6.49. The molecule has 2 heterocycles. The first-order valence-corrected chi connectivity index (χ1v) is 13.2. The molecule has 0 unspecified atom stereocenters. The first-order chi connectivity index (χ1) is 17.4. The van der Waals surface area contributed by atoms with Crippen molar-refractivity contribution in [3.63, 3.8) is 0 Å². The Morgan fingerprint density at radius 1 is 0.694 bits per heavy atom. The van der Waals surface area contributed by atoms with E-state index in [1.54, 1.807) is 24.3 Å². The van der Waals surface area contributed by atoms with E-state index in [0.717, 1.165) is 59.4 Å². The molecule has 186 valence electrons. The van der Waals surface area contributed by atoms with Crippen molar-refractivity contribution in [3.8, 4) is 0 Å². The second-order valence-electron chi connectivity index (χ2n) is 8.56. The first-order valence-electron chi connectivity index (χ1n) is 11.6. The van der Waals surface area contributed by atoms with Crippen molar-refractivity contribution in [1.82, 2.24) is 0 Å². The van der Waals surface area contributed by atoms with E-state index in [1.165, 1.54) is 36.9 Å². The number of rotatable bonds is 6. The molecule has 3 aromatic rings. The standard InChI is InChI=1S/C26H24N2O6S2/c1-33-25(31)19-15-9-5-11-17(15)35-23(19)27-21(29)13-7-3-4-8-14(13)22(30)28-24-20(26(32)34-2)16-10-6-12-18(16)36-24/h3-4,7-8H,5-6,9-12H2,1-2H3,(H,27,29)(H,28,30). The fourth-order valence-electron chi connectivity index (χ4n) is 4.84. The van der Waals surface area contributed by atoms with Crippen LogP contribution in [0.2, 0.25) is 0 Å². The van der Waals surface area contributed by atoms with Crippen molar-refractivity contribution in [2.45, 2.75) is 38.5 Å². The van der Waals surface area contributed by atoms with E-state index in [4.69, 9.17) is 9.47 Å². The molecule has 2 aliphatic rings. The molecule has 2 N–H and O–H groups in total. The van der Waals surface area contributed by atoms with Crippen molar-refractivity contribution in [3.05, 3.63) is 67.4 Å². The van der Waals surface area contributed by atoms with E-state index >= 15 is 0 Å². The summed E-state index contributed by atoms with van der Waals surface area (Å²) in [4.78, 5) is 53.7. The molecule has 2 aliphatic carbocycles. The summed E-state index contributed by atoms with van der Waals surface area (Å²) in [6, 6.07) is 6.44. The van der Waals surface area contributed by atoms with Crippen molar-refractivity contribution in [1.29, 1.82) is 0 Å². The maximum Gasteiger partial charge on any atom is 0.341 e. The third-order valence-corrected chi connectivity index (χ3v) is 8.91. The molecule has 8 nitrogen and oxygen atoms in total. The summed E-state index contributed by atoms with van der Waals surface area (Å²) in [6.07, 6.45) is 5.15. The summed E-state index contributed by atoms with van der Waals surface area (Å²) < 4.78 is 9.91. The molecule has 0 spiro atoms. The number of esters is 2. The smallest absolute Gasteiger partial charge is 0.341 e. The molecule has 36 heavy (non-hydrogen) atoms. The lowest BCUT2D eigenvalue weighted by Gasteiger charge is -2.12. The Kier molecular flexibility index (Phi) is 6.63. The van der Waals surface area contributed by atoms with Crippen LogP contribution in [0.3, 0.4) is 0 Å². The van der Waals surface area contributed by atoms with Crippen LogP contribution in [0.1, 0.15) is 75.2 Å². The summed E-state index contributed by atoms with van der Waals surface area (Å²) in [5, 5.41) is 6.51. The van der Waals surface area contributed by atoms with Gasteiger partial charge in [0.1, 0.15) is 10.0 Å². The number of methoxy groups -OCH3 is 2. The molecular weight excluding hydrogens is 500 g/mol. The average Bonchev–Trinajstić information content (AvgIpc) is 3.64. The van der Waals surface area contributed by atoms with Crippen LogP contribution in [0, 0.1) is 0 Å². The van der Waals surface area contributed by atoms with Crippen LogP contribution < -0.4 is 10.6 Å². The number of carbonyl (C=O) groups is 4. The molecule has 0 fully saturated rings. The number of carbonyl (C=O) groups excluding carboxylic acids is 4. The number of hydrogen-bond donors (Lipinski definition) is 2. The number of anilines is 2. The molecule has 5 rings (SSSR count). The zero-order valence-electron chi connectivity index (χ0n) is 19.8. The van der Waals surface area contributed by atoms with Crippen LogP contribution in [0.25, 0.3) is 0 Å². The molecule has 2 aromatic heterocycles. The summed E-state index contributed by atoms with van der Waals surface area (Å²) in [5.41, 5.74) is 2.94. The number of hydrogen-bond acceptors (Lipinski definition) is 8. The summed E-state index contributed by atoms with van der Waals surface area (Å²) in [7, 11) is 2.63. The number of thiophene rings is 2. The summed E-state index contributed by atoms with van der Waals surface area (Å²) >= 11 is 2.74. The number of aryl methyl sites for hydroxylation is 2. The zero-order chi connectivity index (χ0) is 25.4. The largest absolute Gasteiger partial charge is 0.465 e. The van der Waals surface area contributed by atoms with Gasteiger partial charge in [-0.1, -0.05) is 12.1 Å². The minimum atomic E-state index is -0.507. The highest BCUT2D eigenvalue weighted by atomic mass is 32.1. The van der Waals surface area contributed by atoms with Crippen molar-refractivity contribution in [2.75, 3.05) is 24.9 Å². The second-order valence-corrected chi connectivity index (χ2v) is 10.8. The van der Waals surface area contributed by atoms with Crippen LogP contribution in [0.4, 0.5) is 10.0 Å². The number of ether oxygens (including phenoxy) is 2. The van der Waals surface area contributed by atoms with Crippen molar-refractivity contribution in [2.24, 2.45) is 0 Å². The second kappa shape index (κ2) is 9.87. The van der Waals surface area contributed by atoms with Crippen molar-refractivity contribution < 1.29 is 28.7 Å². The van der Waals surface area contributed by atoms with Gasteiger partial charge >= 0.3 is 11.9 Å². The number of benzene rings is 1. The molecule has 0 bridgehead atoms. The van der Waals surface area contributed by atoms with Crippen LogP contribution >= 0.6 is 22.7 Å². The summed E-state index contributed by atoms with van der Waals surface area (Å²) in [6.45, 7) is 0. The zero-order valence-corrected chi connectivity index (χ0v) is 21.5. The molecule has 0 atom stereocenters. The average molecular weight is 525 g/mol. The highest BCUT2D eigenvalue weighted by molar-refractivity contribution is 7.17. The minimum Gasteiger partial charge on any atom is -0.465 e. The molecule has 10 heteroatoms. The lowest BCUT2D eigenvalue weighted by molar-refractivity contribution is 0.0592. The van der Waals surface area contributed by atoms with E-state index in [1.807, 2.05) is 0 Å². The quantitative estimate of drug-likeness (QED) is 0.446. The molecular formula is C26H24N2O6S2. The van der Waals surface area contributed by atoms with Gasteiger partial charge < -0.3 is 20.1 Å². The van der Waals surface area contributed by atoms with Crippen LogP contribution in [-0.2, 0) is 35.2 Å². The first kappa shape index (κ1) is 24.2. The fourth-order valence-corrected chi connectivity index (χ4v) is 7.39. The third kappa shape index (κ3) is 4.20. The van der Waals surface area contributed by atoms with Gasteiger partial charge in [0, 0.05) is 9.75 Å². The predicted octanol–water partition coefficient (Wildman–Crippen LogP) is 4.86. The Balaban J connectivity index is 1.43. The highest BCUT2D eigenvalue weighted by Crippen LogP contribution is 2.41. The Morgan fingerprint density at radius 2 is 1.11 bits per heavy atom. The Morgan fingerprint density at radius 3 is 1.50 bits per heavy atom. The van der Waals surface area contributed by atoms with Gasteiger partial charge in [-0.05, 0) is 61.8 Å². The van der Waals surface area contributed by atoms with Crippen LogP contribution in [-0.4, -0.2) is 38.0 Å². The topological polar surface area (TPSA) is 111 Å². The van der Waals surface area contributed by atoms with E-state index in [-0.39, 0.29) is 11.1 Å². The number of nitrogens with one attached hydrogen (secondary N) is 2.